The summed E-state index contributed by atoms with van der Waals surface area (Å²) in [6, 6.07) is 23.0. The van der Waals surface area contributed by atoms with Gasteiger partial charge in [0.25, 0.3) is 0 Å². The number of thiocarbonyl (C=S) groups is 1. The Bertz CT molecular complexity index is 1020. The molecule has 3 rings (SSSR count). The number of anilines is 1. The average Bonchev–Trinajstić information content (AvgIpc) is 2.74. The van der Waals surface area contributed by atoms with Gasteiger partial charge < -0.3 is 15.4 Å². The number of aryl methyl sites for hydroxylation is 1. The van der Waals surface area contributed by atoms with Gasteiger partial charge in [-0.15, -0.1) is 0 Å². The first-order valence-corrected chi connectivity index (χ1v) is 9.84. The monoisotopic (exact) mass is 424 g/mol. The molecule has 4 nitrogen and oxygen atoms in total. The summed E-state index contributed by atoms with van der Waals surface area (Å²) in [6.45, 7) is 2.07. The molecule has 3 aromatic rings. The van der Waals surface area contributed by atoms with E-state index < -0.39 is 5.97 Å². The fourth-order valence-electron chi connectivity index (χ4n) is 3.05. The van der Waals surface area contributed by atoms with Crippen molar-refractivity contribution in [3.8, 4) is 0 Å². The molecule has 29 heavy (non-hydrogen) atoms. The minimum Gasteiger partial charge on any atom is -0.465 e. The zero-order valence-electron chi connectivity index (χ0n) is 16.1. The molecule has 0 heterocycles. The number of ether oxygens (including phenoxy) is 1. The second kappa shape index (κ2) is 9.54. The predicted octanol–water partition coefficient (Wildman–Crippen LogP) is 5.51. The number of hydrogen-bond donors (Lipinski definition) is 2. The molecule has 2 N–H and O–H groups in total. The number of hydrogen-bond acceptors (Lipinski definition) is 3. The maximum atomic E-state index is 11.8. The molecule has 0 saturated heterocycles. The number of benzene rings is 3. The molecule has 0 saturated carbocycles. The molecule has 1 atom stereocenters. The van der Waals surface area contributed by atoms with E-state index in [4.69, 9.17) is 28.6 Å². The molecular weight excluding hydrogens is 404 g/mol. The lowest BCUT2D eigenvalue weighted by Gasteiger charge is -2.24. The molecule has 1 unspecified atom stereocenters. The van der Waals surface area contributed by atoms with Crippen LogP contribution in [-0.4, -0.2) is 18.2 Å². The molecule has 0 aliphatic heterocycles. The van der Waals surface area contributed by atoms with Gasteiger partial charge >= 0.3 is 5.97 Å². The summed E-state index contributed by atoms with van der Waals surface area (Å²) >= 11 is 11.8. The standard InChI is InChI=1S/C23H21ClN2O2S/c1-15-8-6-7-11-18(15)21(16-9-4-3-5-10-16)26-23(29)25-20-14-17(22(27)28-2)12-13-19(20)24/h3-14,21H,1-2H3,(H2,25,26,29). The lowest BCUT2D eigenvalue weighted by Crippen LogP contribution is -2.33. The Morgan fingerprint density at radius 3 is 2.41 bits per heavy atom. The van der Waals surface area contributed by atoms with Crippen LogP contribution in [-0.2, 0) is 4.74 Å². The third kappa shape index (κ3) is 5.13. The summed E-state index contributed by atoms with van der Waals surface area (Å²) in [5.74, 6) is -0.439. The maximum absolute atomic E-state index is 11.8. The first-order chi connectivity index (χ1) is 14.0. The first kappa shape index (κ1) is 20.8. The van der Waals surface area contributed by atoms with Crippen LogP contribution in [0.3, 0.4) is 0 Å². The fraction of sp³-hybridized carbons (Fsp3) is 0.130. The van der Waals surface area contributed by atoms with Crippen LogP contribution < -0.4 is 10.6 Å². The molecule has 148 valence electrons. The highest BCUT2D eigenvalue weighted by Gasteiger charge is 2.18. The fourth-order valence-corrected chi connectivity index (χ4v) is 3.44. The topological polar surface area (TPSA) is 50.4 Å². The van der Waals surface area contributed by atoms with E-state index in [9.17, 15) is 4.79 Å². The molecular formula is C23H21ClN2O2S. The third-order valence-corrected chi connectivity index (χ3v) is 5.09. The number of esters is 1. The largest absolute Gasteiger partial charge is 0.465 e. The number of nitrogens with one attached hydrogen (secondary N) is 2. The van der Waals surface area contributed by atoms with Gasteiger partial charge in [-0.1, -0.05) is 66.2 Å². The zero-order chi connectivity index (χ0) is 20.8. The Balaban J connectivity index is 1.87. The Labute approximate surface area is 180 Å². The van der Waals surface area contributed by atoms with Gasteiger partial charge in [-0.25, -0.2) is 4.79 Å². The predicted molar refractivity (Wildman–Crippen MR) is 122 cm³/mol. The number of methoxy groups -OCH3 is 1. The highest BCUT2D eigenvalue weighted by molar-refractivity contribution is 7.80. The van der Waals surface area contributed by atoms with Crippen molar-refractivity contribution >= 4 is 40.6 Å². The van der Waals surface area contributed by atoms with E-state index >= 15 is 0 Å². The quantitative estimate of drug-likeness (QED) is 0.417. The van der Waals surface area contributed by atoms with Crippen molar-refractivity contribution in [2.75, 3.05) is 12.4 Å². The molecule has 0 radical (unpaired) electrons. The molecule has 0 fully saturated rings. The van der Waals surface area contributed by atoms with Crippen LogP contribution in [0.15, 0.2) is 72.8 Å². The van der Waals surface area contributed by atoms with Crippen molar-refractivity contribution in [1.29, 1.82) is 0 Å². The van der Waals surface area contributed by atoms with E-state index in [1.807, 2.05) is 30.3 Å². The molecule has 0 aliphatic rings. The van der Waals surface area contributed by atoms with E-state index in [0.717, 1.165) is 16.7 Å². The van der Waals surface area contributed by atoms with Crippen LogP contribution in [0.4, 0.5) is 5.69 Å². The van der Waals surface area contributed by atoms with Crippen molar-refractivity contribution in [1.82, 2.24) is 5.32 Å². The SMILES string of the molecule is COC(=O)c1ccc(Cl)c(NC(=S)NC(c2ccccc2)c2ccccc2C)c1. The molecule has 3 aromatic carbocycles. The summed E-state index contributed by atoms with van der Waals surface area (Å²) in [5, 5.41) is 7.32. The Hall–Kier alpha value is -2.89. The van der Waals surface area contributed by atoms with Gasteiger partial charge in [0.05, 0.1) is 29.4 Å². The van der Waals surface area contributed by atoms with Crippen molar-refractivity contribution in [2.45, 2.75) is 13.0 Å². The van der Waals surface area contributed by atoms with Gasteiger partial charge in [0.15, 0.2) is 5.11 Å². The van der Waals surface area contributed by atoms with Crippen molar-refractivity contribution in [3.63, 3.8) is 0 Å². The normalized spacial score (nSPS) is 11.4. The van der Waals surface area contributed by atoms with Gasteiger partial charge in [-0.2, -0.15) is 0 Å². The van der Waals surface area contributed by atoms with Crippen LogP contribution in [0.5, 0.6) is 0 Å². The van der Waals surface area contributed by atoms with E-state index in [1.165, 1.54) is 7.11 Å². The maximum Gasteiger partial charge on any atom is 0.337 e. The highest BCUT2D eigenvalue weighted by atomic mass is 35.5. The van der Waals surface area contributed by atoms with Crippen LogP contribution in [0.2, 0.25) is 5.02 Å². The van der Waals surface area contributed by atoms with E-state index in [0.29, 0.717) is 21.4 Å². The smallest absolute Gasteiger partial charge is 0.337 e. The van der Waals surface area contributed by atoms with Gasteiger partial charge in [-0.05, 0) is 54.0 Å². The minimum absolute atomic E-state index is 0.139. The third-order valence-electron chi connectivity index (χ3n) is 4.54. The van der Waals surface area contributed by atoms with Crippen LogP contribution in [0.25, 0.3) is 0 Å². The zero-order valence-corrected chi connectivity index (χ0v) is 17.7. The Morgan fingerprint density at radius 2 is 1.72 bits per heavy atom. The Kier molecular flexibility index (Phi) is 6.86. The lowest BCUT2D eigenvalue weighted by atomic mass is 9.95. The first-order valence-electron chi connectivity index (χ1n) is 9.05. The molecule has 0 spiro atoms. The summed E-state index contributed by atoms with van der Waals surface area (Å²) < 4.78 is 4.77. The second-order valence-corrected chi connectivity index (χ2v) is 7.30. The number of carbonyl (C=O) groups is 1. The Morgan fingerprint density at radius 1 is 1.03 bits per heavy atom. The molecule has 0 aromatic heterocycles. The molecule has 0 amide bonds. The summed E-state index contributed by atoms with van der Waals surface area (Å²) in [4.78, 5) is 11.8. The number of carbonyl (C=O) groups excluding carboxylic acids is 1. The molecule has 0 aliphatic carbocycles. The summed E-state index contributed by atoms with van der Waals surface area (Å²) in [6.07, 6.45) is 0. The number of rotatable bonds is 5. The van der Waals surface area contributed by atoms with E-state index in [-0.39, 0.29) is 6.04 Å². The van der Waals surface area contributed by atoms with E-state index in [1.54, 1.807) is 18.2 Å². The van der Waals surface area contributed by atoms with Crippen LogP contribution in [0, 0.1) is 6.92 Å². The minimum atomic E-state index is -0.439. The van der Waals surface area contributed by atoms with Crippen LogP contribution >= 0.6 is 23.8 Å². The van der Waals surface area contributed by atoms with Gasteiger partial charge in [0, 0.05) is 0 Å². The molecule has 0 bridgehead atoms. The summed E-state index contributed by atoms with van der Waals surface area (Å²) in [7, 11) is 1.34. The highest BCUT2D eigenvalue weighted by Crippen LogP contribution is 2.27. The van der Waals surface area contributed by atoms with E-state index in [2.05, 4.69) is 41.8 Å². The van der Waals surface area contributed by atoms with Crippen LogP contribution in [0.1, 0.15) is 33.1 Å². The van der Waals surface area contributed by atoms with Crippen molar-refractivity contribution in [3.05, 3.63) is 100 Å². The second-order valence-electron chi connectivity index (χ2n) is 6.48. The summed E-state index contributed by atoms with van der Waals surface area (Å²) in [5.41, 5.74) is 4.28. The van der Waals surface area contributed by atoms with Crippen molar-refractivity contribution in [2.24, 2.45) is 0 Å². The van der Waals surface area contributed by atoms with Gasteiger partial charge in [0.1, 0.15) is 0 Å². The average molecular weight is 425 g/mol. The molecule has 6 heteroatoms. The number of halogens is 1. The lowest BCUT2D eigenvalue weighted by molar-refractivity contribution is 0.0601. The van der Waals surface area contributed by atoms with Gasteiger partial charge in [-0.3, -0.25) is 0 Å². The van der Waals surface area contributed by atoms with Gasteiger partial charge in [0.2, 0.25) is 0 Å². The van der Waals surface area contributed by atoms with Crippen molar-refractivity contribution < 1.29 is 9.53 Å².